The van der Waals surface area contributed by atoms with Crippen molar-refractivity contribution in [1.29, 1.82) is 0 Å². The van der Waals surface area contributed by atoms with Gasteiger partial charge in [-0.2, -0.15) is 0 Å². The van der Waals surface area contributed by atoms with Crippen molar-refractivity contribution >= 4 is 23.7 Å². The molecule has 0 bridgehead atoms. The molecule has 1 fully saturated rings. The van der Waals surface area contributed by atoms with E-state index in [9.17, 15) is 34.5 Å². The molecule has 13 heteroatoms. The zero-order chi connectivity index (χ0) is 26.2. The number of likely N-dealkylation sites (tertiary alicyclic amines) is 1. The Balaban J connectivity index is 1.67. The average Bonchev–Trinajstić information content (AvgIpc) is 3.55. The van der Waals surface area contributed by atoms with Gasteiger partial charge in [0.15, 0.2) is 0 Å². The quantitative estimate of drug-likeness (QED) is 0.186. The van der Waals surface area contributed by atoms with Crippen LogP contribution in [0.4, 0.5) is 0 Å². The molecule has 36 heavy (non-hydrogen) atoms. The summed E-state index contributed by atoms with van der Waals surface area (Å²) in [4.78, 5) is 58.2. The van der Waals surface area contributed by atoms with Crippen molar-refractivity contribution in [3.63, 3.8) is 0 Å². The van der Waals surface area contributed by atoms with Gasteiger partial charge in [-0.25, -0.2) is 9.78 Å². The van der Waals surface area contributed by atoms with Crippen molar-refractivity contribution in [2.45, 2.75) is 49.9 Å². The molecule has 2 heterocycles. The number of aliphatic hydroxyl groups excluding tert-OH is 1. The topological polar surface area (TPSA) is 211 Å². The molecule has 1 aromatic heterocycles. The number of benzene rings is 1. The molecule has 1 aromatic carbocycles. The van der Waals surface area contributed by atoms with Crippen molar-refractivity contribution in [3.8, 4) is 5.75 Å². The molecule has 3 rings (SSSR count). The van der Waals surface area contributed by atoms with Crippen molar-refractivity contribution in [2.75, 3.05) is 13.2 Å². The molecule has 1 aliphatic rings. The number of rotatable bonds is 11. The van der Waals surface area contributed by atoms with Crippen LogP contribution in [0.25, 0.3) is 0 Å². The molecule has 1 saturated heterocycles. The number of aliphatic carboxylic acids is 1. The fourth-order valence-corrected chi connectivity index (χ4v) is 4.03. The van der Waals surface area contributed by atoms with Gasteiger partial charge < -0.3 is 41.6 Å². The second kappa shape index (κ2) is 12.1. The Morgan fingerprint density at radius 2 is 1.81 bits per heavy atom. The number of carbonyl (C=O) groups is 4. The zero-order valence-electron chi connectivity index (χ0n) is 19.5. The molecule has 4 atom stereocenters. The monoisotopic (exact) mass is 502 g/mol. The van der Waals surface area contributed by atoms with Crippen LogP contribution in [-0.4, -0.2) is 91.2 Å². The third kappa shape index (κ3) is 6.79. The highest BCUT2D eigenvalue weighted by molar-refractivity contribution is 5.94. The fourth-order valence-electron chi connectivity index (χ4n) is 4.03. The van der Waals surface area contributed by atoms with Gasteiger partial charge in [-0.15, -0.1) is 0 Å². The zero-order valence-corrected chi connectivity index (χ0v) is 19.5. The molecule has 13 nitrogen and oxygen atoms in total. The lowest BCUT2D eigenvalue weighted by Gasteiger charge is -2.28. The third-order valence-corrected chi connectivity index (χ3v) is 5.96. The van der Waals surface area contributed by atoms with Crippen LogP contribution in [0.15, 0.2) is 36.8 Å². The summed E-state index contributed by atoms with van der Waals surface area (Å²) in [5.74, 6) is -3.17. The molecule has 1 aliphatic heterocycles. The van der Waals surface area contributed by atoms with E-state index in [4.69, 9.17) is 5.73 Å². The lowest BCUT2D eigenvalue weighted by atomic mass is 10.1. The van der Waals surface area contributed by atoms with E-state index in [-0.39, 0.29) is 25.1 Å². The molecular formula is C23H30N6O7. The van der Waals surface area contributed by atoms with E-state index in [0.717, 1.165) is 0 Å². The summed E-state index contributed by atoms with van der Waals surface area (Å²) in [7, 11) is 0. The number of nitrogens with two attached hydrogens (primary N) is 1. The minimum atomic E-state index is -1.39. The number of aliphatic hydroxyl groups is 1. The molecule has 194 valence electrons. The highest BCUT2D eigenvalue weighted by atomic mass is 16.4. The molecule has 0 saturated carbocycles. The Labute approximate surface area is 206 Å². The number of carboxylic acid groups (broad SMARTS) is 1. The predicted octanol–water partition coefficient (Wildman–Crippen LogP) is -1.73. The van der Waals surface area contributed by atoms with Gasteiger partial charge in [-0.3, -0.25) is 14.4 Å². The van der Waals surface area contributed by atoms with Gasteiger partial charge in [0, 0.05) is 24.9 Å². The van der Waals surface area contributed by atoms with E-state index >= 15 is 0 Å². The van der Waals surface area contributed by atoms with Gasteiger partial charge in [-0.05, 0) is 37.0 Å². The van der Waals surface area contributed by atoms with E-state index in [1.165, 1.54) is 29.6 Å². The van der Waals surface area contributed by atoms with Gasteiger partial charge in [0.2, 0.25) is 17.7 Å². The molecule has 4 unspecified atom stereocenters. The largest absolute Gasteiger partial charge is 0.508 e. The van der Waals surface area contributed by atoms with Gasteiger partial charge >= 0.3 is 5.97 Å². The van der Waals surface area contributed by atoms with E-state index in [2.05, 4.69) is 20.6 Å². The van der Waals surface area contributed by atoms with Crippen molar-refractivity contribution in [1.82, 2.24) is 25.5 Å². The number of aromatic amines is 1. The Morgan fingerprint density at radius 1 is 1.11 bits per heavy atom. The lowest BCUT2D eigenvalue weighted by Crippen LogP contribution is -2.58. The number of carbonyl (C=O) groups excluding carboxylic acids is 3. The van der Waals surface area contributed by atoms with E-state index in [1.807, 2.05) is 0 Å². The number of aromatic nitrogens is 2. The van der Waals surface area contributed by atoms with Crippen molar-refractivity contribution in [3.05, 3.63) is 48.0 Å². The number of amides is 3. The van der Waals surface area contributed by atoms with Crippen LogP contribution < -0.4 is 16.4 Å². The van der Waals surface area contributed by atoms with E-state index < -0.39 is 54.5 Å². The smallest absolute Gasteiger partial charge is 0.326 e. The first-order valence-corrected chi connectivity index (χ1v) is 11.4. The highest BCUT2D eigenvalue weighted by Gasteiger charge is 2.38. The first-order chi connectivity index (χ1) is 17.2. The minimum absolute atomic E-state index is 0.000125. The third-order valence-electron chi connectivity index (χ3n) is 5.96. The predicted molar refractivity (Wildman–Crippen MR) is 125 cm³/mol. The maximum Gasteiger partial charge on any atom is 0.326 e. The first-order valence-electron chi connectivity index (χ1n) is 11.4. The van der Waals surface area contributed by atoms with Crippen LogP contribution in [-0.2, 0) is 32.0 Å². The van der Waals surface area contributed by atoms with Crippen molar-refractivity contribution < 1.29 is 34.5 Å². The Bertz CT molecular complexity index is 1060. The number of aromatic hydroxyl groups is 1. The molecule has 0 radical (unpaired) electrons. The Hall–Kier alpha value is -3.97. The lowest BCUT2D eigenvalue weighted by molar-refractivity contribution is -0.149. The number of phenolic OH excluding ortho intramolecular Hbond substituents is 1. The van der Waals surface area contributed by atoms with Gasteiger partial charge in [-0.1, -0.05) is 12.1 Å². The summed E-state index contributed by atoms with van der Waals surface area (Å²) < 4.78 is 0. The number of hydrogen-bond donors (Lipinski definition) is 7. The second-order valence-electron chi connectivity index (χ2n) is 8.59. The molecule has 0 aliphatic carbocycles. The second-order valence-corrected chi connectivity index (χ2v) is 8.59. The number of phenols is 1. The van der Waals surface area contributed by atoms with Gasteiger partial charge in [0.1, 0.15) is 23.9 Å². The van der Waals surface area contributed by atoms with Gasteiger partial charge in [0.25, 0.3) is 0 Å². The van der Waals surface area contributed by atoms with Crippen LogP contribution in [0.1, 0.15) is 24.1 Å². The average molecular weight is 503 g/mol. The maximum absolute atomic E-state index is 13.2. The number of imidazole rings is 1. The van der Waals surface area contributed by atoms with Crippen LogP contribution in [0, 0.1) is 0 Å². The van der Waals surface area contributed by atoms with E-state index in [0.29, 0.717) is 24.1 Å². The first kappa shape index (κ1) is 26.6. The number of hydrogen-bond acceptors (Lipinski definition) is 8. The highest BCUT2D eigenvalue weighted by Crippen LogP contribution is 2.19. The minimum Gasteiger partial charge on any atom is -0.508 e. The van der Waals surface area contributed by atoms with Crippen molar-refractivity contribution in [2.24, 2.45) is 5.73 Å². The summed E-state index contributed by atoms with van der Waals surface area (Å²) in [6.45, 7) is -0.520. The molecule has 2 aromatic rings. The van der Waals surface area contributed by atoms with Crippen LogP contribution in [0.2, 0.25) is 0 Å². The van der Waals surface area contributed by atoms with Gasteiger partial charge in [0.05, 0.1) is 19.0 Å². The Morgan fingerprint density at radius 3 is 2.42 bits per heavy atom. The van der Waals surface area contributed by atoms with Crippen LogP contribution in [0.5, 0.6) is 5.75 Å². The normalized spacial score (nSPS) is 17.7. The number of carboxylic acids is 1. The summed E-state index contributed by atoms with van der Waals surface area (Å²) in [5.41, 5.74) is 7.15. The number of nitrogens with one attached hydrogen (secondary N) is 3. The summed E-state index contributed by atoms with van der Waals surface area (Å²) in [5, 5.41) is 33.5. The fraction of sp³-hybridized carbons (Fsp3) is 0.435. The molecule has 8 N–H and O–H groups in total. The van der Waals surface area contributed by atoms with Crippen LogP contribution >= 0.6 is 0 Å². The summed E-state index contributed by atoms with van der Waals surface area (Å²) in [6.07, 6.45) is 3.82. The Kier molecular flexibility index (Phi) is 8.97. The number of H-pyrrole nitrogens is 1. The maximum atomic E-state index is 13.2. The molecular weight excluding hydrogens is 472 g/mol. The number of nitrogens with zero attached hydrogens (tertiary/aromatic N) is 2. The SMILES string of the molecule is NC(Cc1ccc(O)cc1)C(=O)NC(CO)C(=O)NC(Cc1cnc[nH]1)C(=O)N1CCCC1C(=O)O. The molecule has 3 amide bonds. The summed E-state index contributed by atoms with van der Waals surface area (Å²) >= 11 is 0. The standard InChI is InChI=1S/C23H30N6O7/c24-16(8-13-3-5-15(31)6-4-13)20(32)28-18(11-30)21(33)27-17(9-14-10-25-12-26-14)22(34)29-7-1-2-19(29)23(35)36/h3-6,10,12,16-19,30-31H,1-2,7-9,11,24H2,(H,25,26)(H,27,33)(H,28,32)(H,35,36). The summed E-state index contributed by atoms with van der Waals surface area (Å²) in [6, 6.07) is 1.53. The van der Waals surface area contributed by atoms with E-state index in [1.54, 1.807) is 12.1 Å². The molecule has 0 spiro atoms. The van der Waals surface area contributed by atoms with Crippen LogP contribution in [0.3, 0.4) is 0 Å².